The molecule has 0 saturated heterocycles. The molecule has 0 aliphatic heterocycles. The number of methoxy groups -OCH3 is 1. The van der Waals surface area contributed by atoms with Gasteiger partial charge in [-0.15, -0.1) is 0 Å². The Kier molecular flexibility index (Phi) is 8.07. The number of hydrogen-bond acceptors (Lipinski definition) is 4. The zero-order valence-corrected chi connectivity index (χ0v) is 12.8. The normalized spacial score (nSPS) is 13.8. The summed E-state index contributed by atoms with van der Waals surface area (Å²) < 4.78 is 10.6. The van der Waals surface area contributed by atoms with E-state index in [2.05, 4.69) is 19.2 Å². The van der Waals surface area contributed by atoms with E-state index < -0.39 is 6.10 Å². The van der Waals surface area contributed by atoms with Crippen molar-refractivity contribution in [1.82, 2.24) is 5.32 Å². The van der Waals surface area contributed by atoms with E-state index >= 15 is 0 Å². The first-order valence-corrected chi connectivity index (χ1v) is 7.34. The lowest BCUT2D eigenvalue weighted by molar-refractivity contribution is 0.104. The minimum Gasteiger partial charge on any atom is -0.497 e. The van der Waals surface area contributed by atoms with Gasteiger partial charge in [-0.3, -0.25) is 0 Å². The largest absolute Gasteiger partial charge is 0.497 e. The predicted molar refractivity (Wildman–Crippen MR) is 81.5 cm³/mol. The lowest BCUT2D eigenvalue weighted by atomic mass is 10.1. The van der Waals surface area contributed by atoms with Crippen molar-refractivity contribution in [2.24, 2.45) is 0 Å². The molecule has 2 atom stereocenters. The molecule has 0 saturated carbocycles. The van der Waals surface area contributed by atoms with Gasteiger partial charge in [-0.05, 0) is 37.6 Å². The highest BCUT2D eigenvalue weighted by atomic mass is 16.5. The van der Waals surface area contributed by atoms with Crippen LogP contribution in [0.15, 0.2) is 24.3 Å². The smallest absolute Gasteiger partial charge is 0.119 e. The molecule has 0 amide bonds. The Morgan fingerprint density at radius 1 is 1.20 bits per heavy atom. The summed E-state index contributed by atoms with van der Waals surface area (Å²) in [6.07, 6.45) is 3.06. The van der Waals surface area contributed by atoms with Crippen LogP contribution in [0.1, 0.15) is 33.1 Å². The monoisotopic (exact) mass is 281 g/mol. The predicted octanol–water partition coefficient (Wildman–Crippen LogP) is 2.60. The molecule has 0 spiro atoms. The van der Waals surface area contributed by atoms with Crippen LogP contribution in [0.25, 0.3) is 0 Å². The van der Waals surface area contributed by atoms with Gasteiger partial charge in [0.05, 0.1) is 7.11 Å². The van der Waals surface area contributed by atoms with Gasteiger partial charge in [-0.2, -0.15) is 0 Å². The number of unbranched alkanes of at least 4 members (excludes halogenated alkanes) is 1. The van der Waals surface area contributed by atoms with Crippen LogP contribution in [0.2, 0.25) is 0 Å². The van der Waals surface area contributed by atoms with Gasteiger partial charge in [0.15, 0.2) is 0 Å². The highest BCUT2D eigenvalue weighted by molar-refractivity contribution is 5.31. The third-order valence-corrected chi connectivity index (χ3v) is 3.19. The number of benzene rings is 1. The van der Waals surface area contributed by atoms with Crippen molar-refractivity contribution in [2.75, 3.05) is 20.3 Å². The van der Waals surface area contributed by atoms with E-state index in [0.717, 1.165) is 17.9 Å². The second kappa shape index (κ2) is 9.61. The van der Waals surface area contributed by atoms with Crippen molar-refractivity contribution in [3.05, 3.63) is 24.3 Å². The number of rotatable bonds is 10. The third-order valence-electron chi connectivity index (χ3n) is 3.19. The Morgan fingerprint density at radius 3 is 2.45 bits per heavy atom. The molecule has 2 unspecified atom stereocenters. The Hall–Kier alpha value is -1.26. The molecule has 4 nitrogen and oxygen atoms in total. The number of ether oxygens (including phenoxy) is 2. The van der Waals surface area contributed by atoms with E-state index in [9.17, 15) is 5.11 Å². The van der Waals surface area contributed by atoms with Crippen LogP contribution in [-0.4, -0.2) is 37.5 Å². The summed E-state index contributed by atoms with van der Waals surface area (Å²) in [5.74, 6) is 1.54. The standard InChI is InChI=1S/C16H27NO3/c1-4-5-6-13(2)17-11-14(18)12-20-16-9-7-15(19-3)8-10-16/h7-10,13-14,17-18H,4-6,11-12H2,1-3H3. The molecule has 0 aliphatic carbocycles. The molecular formula is C16H27NO3. The minimum atomic E-state index is -0.499. The van der Waals surface area contributed by atoms with Crippen LogP contribution in [0.5, 0.6) is 11.5 Å². The highest BCUT2D eigenvalue weighted by Crippen LogP contribution is 2.17. The van der Waals surface area contributed by atoms with Gasteiger partial charge in [0.1, 0.15) is 24.2 Å². The maximum absolute atomic E-state index is 9.87. The summed E-state index contributed by atoms with van der Waals surface area (Å²) in [4.78, 5) is 0. The zero-order chi connectivity index (χ0) is 14.8. The molecule has 0 radical (unpaired) electrons. The second-order valence-corrected chi connectivity index (χ2v) is 5.09. The van der Waals surface area contributed by atoms with Gasteiger partial charge in [-0.1, -0.05) is 19.8 Å². The highest BCUT2D eigenvalue weighted by Gasteiger charge is 2.08. The minimum absolute atomic E-state index is 0.291. The molecule has 1 aromatic carbocycles. The van der Waals surface area contributed by atoms with Crippen molar-refractivity contribution >= 4 is 0 Å². The average Bonchev–Trinajstić information content (AvgIpc) is 2.49. The fourth-order valence-corrected chi connectivity index (χ4v) is 1.87. The summed E-state index contributed by atoms with van der Waals surface area (Å²) in [6, 6.07) is 7.79. The maximum Gasteiger partial charge on any atom is 0.119 e. The third kappa shape index (κ3) is 6.78. The van der Waals surface area contributed by atoms with Crippen LogP contribution >= 0.6 is 0 Å². The van der Waals surface area contributed by atoms with E-state index in [0.29, 0.717) is 19.2 Å². The maximum atomic E-state index is 9.87. The van der Waals surface area contributed by atoms with Crippen molar-refractivity contribution in [3.8, 4) is 11.5 Å². The van der Waals surface area contributed by atoms with Gasteiger partial charge in [0, 0.05) is 12.6 Å². The molecule has 1 rings (SSSR count). The fraction of sp³-hybridized carbons (Fsp3) is 0.625. The quantitative estimate of drug-likeness (QED) is 0.692. The van der Waals surface area contributed by atoms with Gasteiger partial charge < -0.3 is 19.9 Å². The van der Waals surface area contributed by atoms with E-state index in [1.54, 1.807) is 7.11 Å². The topological polar surface area (TPSA) is 50.7 Å². The fourth-order valence-electron chi connectivity index (χ4n) is 1.87. The average molecular weight is 281 g/mol. The van der Waals surface area contributed by atoms with Gasteiger partial charge in [-0.25, -0.2) is 0 Å². The molecule has 2 N–H and O–H groups in total. The van der Waals surface area contributed by atoms with Crippen molar-refractivity contribution in [3.63, 3.8) is 0 Å². The number of aliphatic hydroxyl groups is 1. The number of aliphatic hydroxyl groups excluding tert-OH is 1. The zero-order valence-electron chi connectivity index (χ0n) is 12.8. The summed E-state index contributed by atoms with van der Waals surface area (Å²) >= 11 is 0. The van der Waals surface area contributed by atoms with E-state index in [-0.39, 0.29) is 0 Å². The number of hydrogen-bond donors (Lipinski definition) is 2. The molecular weight excluding hydrogens is 254 g/mol. The van der Waals surface area contributed by atoms with Gasteiger partial charge in [0.25, 0.3) is 0 Å². The molecule has 4 heteroatoms. The van der Waals surface area contributed by atoms with Crippen molar-refractivity contribution in [1.29, 1.82) is 0 Å². The first-order chi connectivity index (χ1) is 9.65. The molecule has 0 aliphatic rings. The SMILES string of the molecule is CCCCC(C)NCC(O)COc1ccc(OC)cc1. The first kappa shape index (κ1) is 16.8. The van der Waals surface area contributed by atoms with Crippen molar-refractivity contribution < 1.29 is 14.6 Å². The molecule has 0 fully saturated rings. The molecule has 0 bridgehead atoms. The summed E-state index contributed by atoms with van der Waals surface area (Å²) in [7, 11) is 1.63. The van der Waals surface area contributed by atoms with Crippen LogP contribution in [0.3, 0.4) is 0 Å². The molecule has 1 aromatic rings. The summed E-state index contributed by atoms with van der Waals surface area (Å²) in [5.41, 5.74) is 0. The second-order valence-electron chi connectivity index (χ2n) is 5.09. The van der Waals surface area contributed by atoms with E-state index in [1.165, 1.54) is 12.8 Å². The Morgan fingerprint density at radius 2 is 1.85 bits per heavy atom. The molecule has 114 valence electrons. The van der Waals surface area contributed by atoms with Gasteiger partial charge >= 0.3 is 0 Å². The van der Waals surface area contributed by atoms with Gasteiger partial charge in [0.2, 0.25) is 0 Å². The lowest BCUT2D eigenvalue weighted by Crippen LogP contribution is -2.36. The molecule has 0 aromatic heterocycles. The Labute approximate surface area is 122 Å². The Bertz CT molecular complexity index is 353. The summed E-state index contributed by atoms with van der Waals surface area (Å²) in [5, 5.41) is 13.2. The summed E-state index contributed by atoms with van der Waals surface area (Å²) in [6.45, 7) is 5.18. The van der Waals surface area contributed by atoms with E-state index in [1.807, 2.05) is 24.3 Å². The Balaban J connectivity index is 2.20. The first-order valence-electron chi connectivity index (χ1n) is 7.34. The van der Waals surface area contributed by atoms with Crippen LogP contribution in [0, 0.1) is 0 Å². The van der Waals surface area contributed by atoms with Crippen LogP contribution in [-0.2, 0) is 0 Å². The van der Waals surface area contributed by atoms with E-state index in [4.69, 9.17) is 9.47 Å². The van der Waals surface area contributed by atoms with Crippen molar-refractivity contribution in [2.45, 2.75) is 45.3 Å². The van der Waals surface area contributed by atoms with Crippen LogP contribution < -0.4 is 14.8 Å². The number of nitrogens with one attached hydrogen (secondary N) is 1. The lowest BCUT2D eigenvalue weighted by Gasteiger charge is -2.17. The molecule has 20 heavy (non-hydrogen) atoms. The van der Waals surface area contributed by atoms with Crippen LogP contribution in [0.4, 0.5) is 0 Å². The molecule has 0 heterocycles.